The van der Waals surface area contributed by atoms with Crippen molar-refractivity contribution in [2.75, 3.05) is 0 Å². The summed E-state index contributed by atoms with van der Waals surface area (Å²) < 4.78 is 0. The second-order valence-electron chi connectivity index (χ2n) is 38.9. The van der Waals surface area contributed by atoms with E-state index in [1.807, 2.05) is 0 Å². The molecule has 3 aliphatic heterocycles. The van der Waals surface area contributed by atoms with E-state index >= 15 is 0 Å². The molecule has 1 aliphatic carbocycles. The first-order valence-electron chi connectivity index (χ1n) is 46.0. The van der Waals surface area contributed by atoms with Gasteiger partial charge in [0.05, 0.1) is 0 Å². The van der Waals surface area contributed by atoms with E-state index in [4.69, 9.17) is 0 Å². The summed E-state index contributed by atoms with van der Waals surface area (Å²) in [6.07, 6.45) is 0. The summed E-state index contributed by atoms with van der Waals surface area (Å²) in [6.45, 7) is 26.5. The zero-order chi connectivity index (χ0) is 87.3. The molecule has 0 N–H and O–H groups in total. The lowest BCUT2D eigenvalue weighted by Crippen LogP contribution is -2.49. The highest BCUT2D eigenvalue weighted by Gasteiger charge is 2.43. The topological polar surface area (TPSA) is 0 Å². The molecule has 0 nitrogen and oxygen atoms in total. The summed E-state index contributed by atoms with van der Waals surface area (Å²) in [6, 6.07) is 149. The number of fused-ring (bicyclic) bond motifs is 22. The van der Waals surface area contributed by atoms with Gasteiger partial charge in [0, 0.05) is 5.41 Å². The van der Waals surface area contributed by atoms with E-state index < -0.39 is 24.2 Å². The van der Waals surface area contributed by atoms with E-state index in [2.05, 4.69) is 468 Å². The molecule has 0 fully saturated rings. The molecule has 0 saturated heterocycles. The van der Waals surface area contributed by atoms with Gasteiger partial charge in [0.1, 0.15) is 24.2 Å². The van der Waals surface area contributed by atoms with Crippen LogP contribution in [-0.4, -0.2) is 24.2 Å². The van der Waals surface area contributed by atoms with E-state index in [9.17, 15) is 0 Å². The third kappa shape index (κ3) is 11.8. The molecule has 0 saturated carbocycles. The predicted octanol–water partition coefficient (Wildman–Crippen LogP) is 31.1. The molecule has 0 radical (unpaired) electrons. The Kier molecular flexibility index (Phi) is 17.9. The molecule has 22 aromatic rings. The normalized spacial score (nSPS) is 14.1. The molecule has 0 bridgehead atoms. The van der Waals surface area contributed by atoms with Crippen molar-refractivity contribution in [3.05, 3.63) is 422 Å². The van der Waals surface area contributed by atoms with Crippen LogP contribution in [0.15, 0.2) is 394 Å². The smallest absolute Gasteiger partial charge is 0.0623 e. The molecule has 0 amide bonds. The summed E-state index contributed by atoms with van der Waals surface area (Å²) in [5, 5.41) is 32.9. The molecule has 0 atom stereocenters. The Hall–Kier alpha value is -14.2. The molecule has 0 spiro atoms. The Bertz CT molecular complexity index is 8590. The monoisotopic (exact) mass is 1690 g/mol. The Balaban J connectivity index is 0.000000108. The number of hydrogen-bond acceptors (Lipinski definition) is 0. The zero-order valence-electron chi connectivity index (χ0n) is 75.0. The van der Waals surface area contributed by atoms with Gasteiger partial charge in [-0.3, -0.25) is 0 Å². The minimum atomic E-state index is -1.81. The maximum absolute atomic E-state index is 2.51. The van der Waals surface area contributed by atoms with Crippen molar-refractivity contribution in [2.45, 2.75) is 79.3 Å². The van der Waals surface area contributed by atoms with Gasteiger partial charge in [-0.25, -0.2) is 0 Å². The first-order chi connectivity index (χ1) is 62.8. The van der Waals surface area contributed by atoms with E-state index in [0.717, 1.165) is 0 Å². The van der Waals surface area contributed by atoms with Gasteiger partial charge in [-0.15, -0.1) is 0 Å². The number of hydrogen-bond donors (Lipinski definition) is 0. The van der Waals surface area contributed by atoms with Gasteiger partial charge in [-0.2, -0.15) is 0 Å². The van der Waals surface area contributed by atoms with Gasteiger partial charge in [0.15, 0.2) is 0 Å². The maximum Gasteiger partial charge on any atom is 0.113 e. The molecule has 0 aromatic heterocycles. The van der Waals surface area contributed by atoms with Gasteiger partial charge in [-0.05, 0) is 283 Å². The van der Waals surface area contributed by atoms with Crippen molar-refractivity contribution in [1.82, 2.24) is 0 Å². The van der Waals surface area contributed by atoms with Gasteiger partial charge < -0.3 is 0 Å². The van der Waals surface area contributed by atoms with E-state index in [0.29, 0.717) is 0 Å². The molecule has 26 rings (SSSR count). The van der Waals surface area contributed by atoms with Crippen molar-refractivity contribution >= 4 is 152 Å². The van der Waals surface area contributed by atoms with Crippen LogP contribution in [-0.2, 0) is 5.41 Å². The minimum Gasteiger partial charge on any atom is -0.0623 e. The average molecular weight is 1700 g/mol. The maximum atomic E-state index is 2.51. The van der Waals surface area contributed by atoms with E-state index in [-0.39, 0.29) is 5.41 Å². The van der Waals surface area contributed by atoms with Crippen LogP contribution >= 0.6 is 0 Å². The van der Waals surface area contributed by atoms with Crippen LogP contribution in [0, 0.1) is 20.8 Å². The Morgan fingerprint density at radius 2 is 0.457 bits per heavy atom. The van der Waals surface area contributed by atoms with Crippen LogP contribution in [0.2, 0.25) is 39.3 Å². The van der Waals surface area contributed by atoms with Crippen molar-refractivity contribution in [3.63, 3.8) is 0 Å². The quantitative estimate of drug-likeness (QED) is 0.0884. The van der Waals surface area contributed by atoms with Crippen LogP contribution < -0.4 is 31.1 Å². The fraction of sp³-hybridized carbons (Fsp3) is 0.0952. The molecule has 0 unspecified atom stereocenters. The highest BCUT2D eigenvalue weighted by molar-refractivity contribution is 7.05. The predicted molar refractivity (Wildman–Crippen MR) is 568 cm³/mol. The highest BCUT2D eigenvalue weighted by atomic mass is 28.3. The summed E-state index contributed by atoms with van der Waals surface area (Å²) in [5.41, 5.74) is 34.0. The fourth-order valence-corrected chi connectivity index (χ4v) is 33.4. The molecule has 22 aromatic carbocycles. The van der Waals surface area contributed by atoms with E-state index in [1.54, 1.807) is 31.1 Å². The average Bonchev–Trinajstić information content (AvgIpc) is 1.63. The SMILES string of the molecule is Cc1ccc2c(-c3cc4ccccc4c4ccccc34)c3ccccc3c(-c3cccc4c3-c3ccccc3[Si]4(C)C)c2c1.Cc1ccc2c(-c3ccc4c(c3)C(C)(C)c3ccccc3-4)c3ccccc3c(-c3cccc4c3-c3ccccc3[Si]4(C)C)c2c1.Cc1ccc2c(-c3cccc4ccccc34)c3ccccc3c(-c3cccc4c3-c3ccccc3[Si]4(C)C)c2c1. The Morgan fingerprint density at radius 3 is 0.915 bits per heavy atom. The van der Waals surface area contributed by atoms with Crippen LogP contribution in [0.5, 0.6) is 0 Å². The molecule has 3 heterocycles. The summed E-state index contributed by atoms with van der Waals surface area (Å²) >= 11 is 0. The number of aryl methyl sites for hydroxylation is 3. The van der Waals surface area contributed by atoms with Crippen molar-refractivity contribution in [2.24, 2.45) is 0 Å². The van der Waals surface area contributed by atoms with Crippen LogP contribution in [0.25, 0.3) is 208 Å². The van der Waals surface area contributed by atoms with Crippen molar-refractivity contribution in [3.8, 4) is 111 Å². The fourth-order valence-electron chi connectivity index (χ4n) is 24.1. The molecular formula is C126H98Si3. The zero-order valence-corrected chi connectivity index (χ0v) is 78.0. The third-order valence-corrected chi connectivity index (χ3v) is 40.8. The molecule has 4 aliphatic rings. The van der Waals surface area contributed by atoms with Gasteiger partial charge >= 0.3 is 0 Å². The largest absolute Gasteiger partial charge is 0.113 e. The lowest BCUT2D eigenvalue weighted by Gasteiger charge is -2.23. The first kappa shape index (κ1) is 78.3. The lowest BCUT2D eigenvalue weighted by atomic mass is 9.80. The molecule has 129 heavy (non-hydrogen) atoms. The Morgan fingerprint density at radius 1 is 0.163 bits per heavy atom. The van der Waals surface area contributed by atoms with Crippen molar-refractivity contribution in [1.29, 1.82) is 0 Å². The third-order valence-electron chi connectivity index (χ3n) is 30.1. The van der Waals surface area contributed by atoms with Gasteiger partial charge in [0.25, 0.3) is 0 Å². The Labute approximate surface area is 759 Å². The molecule has 614 valence electrons. The number of benzene rings is 22. The van der Waals surface area contributed by atoms with Crippen LogP contribution in [0.3, 0.4) is 0 Å². The molecule has 3 heteroatoms. The summed E-state index contributed by atoms with van der Waals surface area (Å²) in [4.78, 5) is 0. The van der Waals surface area contributed by atoms with E-state index in [1.165, 1.54) is 236 Å². The highest BCUT2D eigenvalue weighted by Crippen LogP contribution is 2.56. The second-order valence-corrected chi connectivity index (χ2v) is 51.9. The minimum absolute atomic E-state index is 0.0429. The number of rotatable bonds is 6. The molecular weight excluding hydrogens is 1600 g/mol. The van der Waals surface area contributed by atoms with Crippen LogP contribution in [0.4, 0.5) is 0 Å². The standard InChI is InChI=1S/C44H36Si.C43H32Si.C39H30Si/c1-27-21-23-33-36(25-27)42(35-17-12-20-40-43(35)34-16-9-11-19-39(34)45(40,4)5)32-15-7-6-14-31(32)41(33)28-22-24-30-29-13-8-10-18-37(29)44(2,3)38(30)26-28;1-27-23-24-34-37(25-27)42(36-20-12-22-40-43(36)35-19-10-11-21-39(35)44(40,2)3)33-18-9-8-17-32(33)41(34)38-26-28-13-4-5-14-29(28)30-15-6-7-16-31(30)38;1-25-22-23-31-34(24-25)38(33-19-11-21-36-39(33)32-17-8-9-20-35(32)40(36,2)3)30-16-7-6-15-29(30)37(31)28-18-10-13-26-12-4-5-14-27(26)28/h6-26H,1-5H3;4-26H,1-3H3;4-24H,1-3H3. The van der Waals surface area contributed by atoms with Crippen molar-refractivity contribution < 1.29 is 0 Å². The first-order valence-corrected chi connectivity index (χ1v) is 55.0. The summed E-state index contributed by atoms with van der Waals surface area (Å²) in [5.74, 6) is 0. The summed E-state index contributed by atoms with van der Waals surface area (Å²) in [7, 11) is -5.40. The lowest BCUT2D eigenvalue weighted by molar-refractivity contribution is 0.660. The van der Waals surface area contributed by atoms with Gasteiger partial charge in [-0.1, -0.05) is 452 Å². The second kappa shape index (κ2) is 29.4. The van der Waals surface area contributed by atoms with Gasteiger partial charge in [0.2, 0.25) is 0 Å². The van der Waals surface area contributed by atoms with Crippen LogP contribution in [0.1, 0.15) is 41.7 Å².